The van der Waals surface area contributed by atoms with E-state index < -0.39 is 4.92 Å². The molecule has 0 aromatic heterocycles. The van der Waals surface area contributed by atoms with E-state index in [1.807, 2.05) is 4.90 Å². The van der Waals surface area contributed by atoms with Crippen LogP contribution in [0.3, 0.4) is 0 Å². The molecule has 35 heavy (non-hydrogen) atoms. The van der Waals surface area contributed by atoms with Gasteiger partial charge in [0.15, 0.2) is 0 Å². The van der Waals surface area contributed by atoms with Crippen molar-refractivity contribution >= 4 is 34.1 Å². The lowest BCUT2D eigenvalue weighted by Gasteiger charge is -2.22. The SMILES string of the molecule is COc1cc(/N=N/c2ccc([N+](=O)[O-])cc2)c(O)cc1/N=N/c1ccc(N(CCO)CCO)cc1. The van der Waals surface area contributed by atoms with Gasteiger partial charge in [0.25, 0.3) is 5.69 Å². The van der Waals surface area contributed by atoms with Gasteiger partial charge in [-0.15, -0.1) is 10.2 Å². The van der Waals surface area contributed by atoms with Gasteiger partial charge in [0.05, 0.1) is 36.6 Å². The van der Waals surface area contributed by atoms with Gasteiger partial charge in [-0.3, -0.25) is 10.1 Å². The molecule has 0 radical (unpaired) electrons. The van der Waals surface area contributed by atoms with E-state index in [4.69, 9.17) is 4.74 Å². The third-order valence-corrected chi connectivity index (χ3v) is 4.84. The molecule has 3 aromatic carbocycles. The first-order chi connectivity index (χ1) is 16.9. The number of aliphatic hydroxyl groups is 2. The van der Waals surface area contributed by atoms with Crippen molar-refractivity contribution in [1.82, 2.24) is 0 Å². The Morgan fingerprint density at radius 1 is 0.857 bits per heavy atom. The summed E-state index contributed by atoms with van der Waals surface area (Å²) in [5.41, 5.74) is 2.07. The molecule has 0 atom stereocenters. The maximum atomic E-state index is 10.7. The van der Waals surface area contributed by atoms with Crippen molar-refractivity contribution in [1.29, 1.82) is 0 Å². The Hall–Kier alpha value is -4.42. The van der Waals surface area contributed by atoms with E-state index >= 15 is 0 Å². The fourth-order valence-corrected chi connectivity index (χ4v) is 3.07. The van der Waals surface area contributed by atoms with Crippen LogP contribution in [0.4, 0.5) is 34.1 Å². The average molecular weight is 480 g/mol. The first-order valence-corrected chi connectivity index (χ1v) is 10.5. The van der Waals surface area contributed by atoms with Crippen molar-refractivity contribution in [2.75, 3.05) is 38.3 Å². The molecule has 0 bridgehead atoms. The van der Waals surface area contributed by atoms with Crippen LogP contribution in [0.25, 0.3) is 0 Å². The number of ether oxygens (including phenoxy) is 1. The molecule has 0 amide bonds. The minimum Gasteiger partial charge on any atom is -0.506 e. The summed E-state index contributed by atoms with van der Waals surface area (Å²) < 4.78 is 5.33. The number of nitrogens with zero attached hydrogens (tertiary/aromatic N) is 6. The summed E-state index contributed by atoms with van der Waals surface area (Å²) >= 11 is 0. The van der Waals surface area contributed by atoms with Gasteiger partial charge in [-0.1, -0.05) is 0 Å². The van der Waals surface area contributed by atoms with Crippen molar-refractivity contribution in [3.8, 4) is 11.5 Å². The average Bonchev–Trinajstić information content (AvgIpc) is 2.87. The van der Waals surface area contributed by atoms with Crippen molar-refractivity contribution in [2.45, 2.75) is 0 Å². The van der Waals surface area contributed by atoms with Crippen LogP contribution >= 0.6 is 0 Å². The van der Waals surface area contributed by atoms with Crippen LogP contribution in [-0.2, 0) is 0 Å². The number of phenolic OH excluding ortho intramolecular Hbond substituents is 1. The van der Waals surface area contributed by atoms with Crippen molar-refractivity contribution in [3.05, 3.63) is 70.8 Å². The highest BCUT2D eigenvalue weighted by atomic mass is 16.6. The van der Waals surface area contributed by atoms with E-state index in [1.165, 1.54) is 43.5 Å². The number of non-ortho nitro benzene ring substituents is 1. The molecule has 0 fully saturated rings. The quantitative estimate of drug-likeness (QED) is 0.199. The van der Waals surface area contributed by atoms with E-state index in [0.29, 0.717) is 30.2 Å². The number of nitro benzene ring substituents is 1. The lowest BCUT2D eigenvalue weighted by atomic mass is 10.2. The molecule has 0 unspecified atom stereocenters. The normalized spacial score (nSPS) is 11.3. The van der Waals surface area contributed by atoms with E-state index in [1.54, 1.807) is 24.3 Å². The number of aromatic hydroxyl groups is 1. The number of methoxy groups -OCH3 is 1. The second kappa shape index (κ2) is 12.2. The van der Waals surface area contributed by atoms with E-state index in [0.717, 1.165) is 5.69 Å². The Labute approximate surface area is 200 Å². The molecular weight excluding hydrogens is 456 g/mol. The number of anilines is 1. The number of hydrogen-bond donors (Lipinski definition) is 3. The summed E-state index contributed by atoms with van der Waals surface area (Å²) in [5, 5.41) is 55.7. The first-order valence-electron chi connectivity index (χ1n) is 10.5. The topological polar surface area (TPSA) is 166 Å². The zero-order chi connectivity index (χ0) is 25.2. The maximum Gasteiger partial charge on any atom is 0.269 e. The molecule has 0 heterocycles. The molecule has 0 saturated carbocycles. The molecule has 12 nitrogen and oxygen atoms in total. The number of rotatable bonds is 11. The van der Waals surface area contributed by atoms with E-state index in [-0.39, 0.29) is 36.0 Å². The number of azo groups is 2. The molecule has 0 saturated heterocycles. The van der Waals surface area contributed by atoms with Crippen LogP contribution in [0.1, 0.15) is 0 Å². The fourth-order valence-electron chi connectivity index (χ4n) is 3.07. The van der Waals surface area contributed by atoms with Crippen LogP contribution in [0, 0.1) is 10.1 Å². The lowest BCUT2D eigenvalue weighted by molar-refractivity contribution is -0.384. The molecule has 0 aliphatic rings. The molecule has 3 rings (SSSR count). The second-order valence-electron chi connectivity index (χ2n) is 7.14. The van der Waals surface area contributed by atoms with Gasteiger partial charge in [-0.25, -0.2) is 0 Å². The summed E-state index contributed by atoms with van der Waals surface area (Å²) in [6.45, 7) is 0.722. The van der Waals surface area contributed by atoms with Gasteiger partial charge in [-0.05, 0) is 36.4 Å². The molecule has 0 spiro atoms. The van der Waals surface area contributed by atoms with Crippen LogP contribution in [0.5, 0.6) is 11.5 Å². The summed E-state index contributed by atoms with van der Waals surface area (Å²) in [4.78, 5) is 12.1. The Balaban J connectivity index is 1.77. The first kappa shape index (κ1) is 25.2. The zero-order valence-electron chi connectivity index (χ0n) is 18.9. The van der Waals surface area contributed by atoms with E-state index in [9.17, 15) is 25.4 Å². The van der Waals surface area contributed by atoms with Gasteiger partial charge >= 0.3 is 0 Å². The highest BCUT2D eigenvalue weighted by Gasteiger charge is 2.11. The zero-order valence-corrected chi connectivity index (χ0v) is 18.9. The largest absolute Gasteiger partial charge is 0.506 e. The Morgan fingerprint density at radius 3 is 1.91 bits per heavy atom. The Kier molecular flexibility index (Phi) is 8.76. The van der Waals surface area contributed by atoms with Crippen molar-refractivity contribution in [2.24, 2.45) is 20.5 Å². The third-order valence-electron chi connectivity index (χ3n) is 4.84. The number of benzene rings is 3. The van der Waals surface area contributed by atoms with Crippen LogP contribution in [0.2, 0.25) is 0 Å². The van der Waals surface area contributed by atoms with Gasteiger partial charge in [0.2, 0.25) is 0 Å². The highest BCUT2D eigenvalue weighted by Crippen LogP contribution is 2.40. The molecule has 182 valence electrons. The van der Waals surface area contributed by atoms with Gasteiger partial charge < -0.3 is 25.0 Å². The van der Waals surface area contributed by atoms with Crippen molar-refractivity contribution in [3.63, 3.8) is 0 Å². The molecule has 3 aromatic rings. The van der Waals surface area contributed by atoms with Crippen LogP contribution in [-0.4, -0.2) is 53.7 Å². The number of nitro groups is 1. The fraction of sp³-hybridized carbons (Fsp3) is 0.217. The van der Waals surface area contributed by atoms with Crippen molar-refractivity contribution < 1.29 is 25.0 Å². The highest BCUT2D eigenvalue weighted by molar-refractivity contribution is 5.66. The predicted octanol–water partition coefficient (Wildman–Crippen LogP) is 4.93. The number of phenols is 1. The number of hydrogen-bond acceptors (Lipinski definition) is 11. The summed E-state index contributed by atoms with van der Waals surface area (Å²) in [6.07, 6.45) is 0. The summed E-state index contributed by atoms with van der Waals surface area (Å²) in [6, 6.07) is 15.4. The second-order valence-corrected chi connectivity index (χ2v) is 7.14. The molecular formula is C23H24N6O6. The van der Waals surface area contributed by atoms with Gasteiger partial charge in [0.1, 0.15) is 22.9 Å². The van der Waals surface area contributed by atoms with Gasteiger partial charge in [0, 0.05) is 43.0 Å². The van der Waals surface area contributed by atoms with Gasteiger partial charge in [-0.2, -0.15) is 10.2 Å². The summed E-state index contributed by atoms with van der Waals surface area (Å²) in [7, 11) is 1.44. The van der Waals surface area contributed by atoms with Crippen LogP contribution < -0.4 is 9.64 Å². The Bertz CT molecular complexity index is 1190. The predicted molar refractivity (Wildman–Crippen MR) is 129 cm³/mol. The summed E-state index contributed by atoms with van der Waals surface area (Å²) in [5.74, 6) is 0.0993. The minimum atomic E-state index is -0.511. The third kappa shape index (κ3) is 6.79. The van der Waals surface area contributed by atoms with E-state index in [2.05, 4.69) is 20.5 Å². The van der Waals surface area contributed by atoms with Crippen LogP contribution in [0.15, 0.2) is 81.1 Å². The molecule has 0 aliphatic heterocycles. The maximum absolute atomic E-state index is 10.7. The smallest absolute Gasteiger partial charge is 0.269 e. The Morgan fingerprint density at radius 2 is 1.40 bits per heavy atom. The molecule has 0 aliphatic carbocycles. The lowest BCUT2D eigenvalue weighted by Crippen LogP contribution is -2.29. The number of aliphatic hydroxyl groups excluding tert-OH is 2. The minimum absolute atomic E-state index is 0.0335. The standard InChI is InChI=1S/C23H24N6O6/c1-35-23-15-20(26-24-17-4-8-19(9-5-17)29(33)34)22(32)14-21(23)27-25-16-2-6-18(7-3-16)28(10-12-30)11-13-31/h2-9,14-15,30-32H,10-13H2,1H3/b26-24+,27-25+. The molecule has 3 N–H and O–H groups in total. The monoisotopic (exact) mass is 480 g/mol. The molecule has 12 heteroatoms.